The molecule has 3 heteroatoms. The van der Waals surface area contributed by atoms with Gasteiger partial charge in [-0.25, -0.2) is 4.98 Å². The Bertz CT molecular complexity index is 486. The maximum Gasteiger partial charge on any atom is 0.198 e. The van der Waals surface area contributed by atoms with Gasteiger partial charge in [0.1, 0.15) is 0 Å². The number of Topliss-reactive ketones (excluding diaryl/α,β-unsaturated/α-hetero) is 1. The summed E-state index contributed by atoms with van der Waals surface area (Å²) >= 11 is 0. The lowest BCUT2D eigenvalue weighted by atomic mass is 10.3. The number of aryl methyl sites for hydroxylation is 1. The number of ketones is 1. The Morgan fingerprint density at radius 3 is 2.50 bits per heavy atom. The van der Waals surface area contributed by atoms with Crippen molar-refractivity contribution in [3.63, 3.8) is 0 Å². The summed E-state index contributed by atoms with van der Waals surface area (Å²) in [5.74, 6) is 0.636. The van der Waals surface area contributed by atoms with E-state index in [4.69, 9.17) is 0 Å². The molecule has 3 nitrogen and oxygen atoms in total. The highest BCUT2D eigenvalue weighted by Gasteiger charge is 2.12. The Balaban J connectivity index is 0.000000606. The van der Waals surface area contributed by atoms with Crippen LogP contribution < -0.4 is 0 Å². The standard InChI is InChI=1S/C11H12N2O.C2H6/c1-3-10(14)11-12-8-6-4-5-7-9(8)13(11)2;1-2/h4-7H,3H2,1-2H3;1-2H3. The van der Waals surface area contributed by atoms with E-state index in [1.54, 1.807) is 0 Å². The van der Waals surface area contributed by atoms with Crippen LogP contribution in [0, 0.1) is 0 Å². The van der Waals surface area contributed by atoms with E-state index in [0.717, 1.165) is 11.0 Å². The highest BCUT2D eigenvalue weighted by atomic mass is 16.1. The number of hydrogen-bond donors (Lipinski definition) is 0. The van der Waals surface area contributed by atoms with Crippen molar-refractivity contribution in [1.82, 2.24) is 9.55 Å². The van der Waals surface area contributed by atoms with Crippen molar-refractivity contribution in [3.8, 4) is 0 Å². The summed E-state index contributed by atoms with van der Waals surface area (Å²) in [5, 5.41) is 0. The van der Waals surface area contributed by atoms with Gasteiger partial charge >= 0.3 is 0 Å². The van der Waals surface area contributed by atoms with E-state index < -0.39 is 0 Å². The Labute approximate surface area is 96.1 Å². The minimum Gasteiger partial charge on any atom is -0.325 e. The quantitative estimate of drug-likeness (QED) is 0.725. The molecular weight excluding hydrogens is 200 g/mol. The van der Waals surface area contributed by atoms with Crippen LogP contribution in [-0.4, -0.2) is 15.3 Å². The van der Waals surface area contributed by atoms with Crippen molar-refractivity contribution < 1.29 is 4.79 Å². The van der Waals surface area contributed by atoms with Gasteiger partial charge in [-0.2, -0.15) is 0 Å². The molecule has 2 rings (SSSR count). The Morgan fingerprint density at radius 2 is 1.94 bits per heavy atom. The van der Waals surface area contributed by atoms with Gasteiger partial charge in [0.2, 0.25) is 0 Å². The number of carbonyl (C=O) groups excluding carboxylic acids is 1. The zero-order chi connectivity index (χ0) is 12.1. The smallest absolute Gasteiger partial charge is 0.198 e. The third kappa shape index (κ3) is 2.13. The van der Waals surface area contributed by atoms with Gasteiger partial charge < -0.3 is 4.57 Å². The minimum atomic E-state index is 0.0868. The summed E-state index contributed by atoms with van der Waals surface area (Å²) in [6.45, 7) is 5.85. The summed E-state index contributed by atoms with van der Waals surface area (Å²) in [5.41, 5.74) is 1.89. The summed E-state index contributed by atoms with van der Waals surface area (Å²) in [6, 6.07) is 7.76. The van der Waals surface area contributed by atoms with Gasteiger partial charge in [-0.15, -0.1) is 0 Å². The number of para-hydroxylation sites is 2. The largest absolute Gasteiger partial charge is 0.325 e. The molecule has 0 N–H and O–H groups in total. The van der Waals surface area contributed by atoms with Crippen molar-refractivity contribution in [2.24, 2.45) is 7.05 Å². The predicted octanol–water partition coefficient (Wildman–Crippen LogP) is 3.19. The summed E-state index contributed by atoms with van der Waals surface area (Å²) in [7, 11) is 1.87. The molecule has 0 bridgehead atoms. The normalized spacial score (nSPS) is 9.75. The second-order valence-electron chi connectivity index (χ2n) is 3.26. The Hall–Kier alpha value is -1.64. The van der Waals surface area contributed by atoms with Crippen LogP contribution in [-0.2, 0) is 7.05 Å². The molecule has 0 amide bonds. The lowest BCUT2D eigenvalue weighted by Crippen LogP contribution is -2.05. The molecule has 1 heterocycles. The molecule has 0 saturated carbocycles. The van der Waals surface area contributed by atoms with E-state index in [2.05, 4.69) is 4.98 Å². The molecule has 0 aliphatic carbocycles. The fourth-order valence-corrected chi connectivity index (χ4v) is 1.55. The third-order valence-corrected chi connectivity index (χ3v) is 2.36. The number of hydrogen-bond acceptors (Lipinski definition) is 2. The number of imidazole rings is 1. The highest BCUT2D eigenvalue weighted by Crippen LogP contribution is 2.14. The molecule has 0 atom stereocenters. The third-order valence-electron chi connectivity index (χ3n) is 2.36. The monoisotopic (exact) mass is 218 g/mol. The number of fused-ring (bicyclic) bond motifs is 1. The predicted molar refractivity (Wildman–Crippen MR) is 66.7 cm³/mol. The lowest BCUT2D eigenvalue weighted by Gasteiger charge is -1.98. The van der Waals surface area contributed by atoms with Crippen LogP contribution in [0.2, 0.25) is 0 Å². The molecule has 0 radical (unpaired) electrons. The maximum absolute atomic E-state index is 11.5. The van der Waals surface area contributed by atoms with Gasteiger partial charge in [-0.05, 0) is 12.1 Å². The van der Waals surface area contributed by atoms with Gasteiger partial charge in [-0.1, -0.05) is 32.9 Å². The van der Waals surface area contributed by atoms with Crippen molar-refractivity contribution in [3.05, 3.63) is 30.1 Å². The summed E-state index contributed by atoms with van der Waals surface area (Å²) < 4.78 is 1.85. The summed E-state index contributed by atoms with van der Waals surface area (Å²) in [6.07, 6.45) is 0.497. The first kappa shape index (κ1) is 12.4. The molecule has 0 aliphatic heterocycles. The zero-order valence-electron chi connectivity index (χ0n) is 10.3. The van der Waals surface area contributed by atoms with Crippen LogP contribution in [0.25, 0.3) is 11.0 Å². The Kier molecular flexibility index (Phi) is 4.23. The number of benzene rings is 1. The van der Waals surface area contributed by atoms with Crippen molar-refractivity contribution >= 4 is 16.8 Å². The Morgan fingerprint density at radius 1 is 1.31 bits per heavy atom. The van der Waals surface area contributed by atoms with Crippen LogP contribution >= 0.6 is 0 Å². The second-order valence-corrected chi connectivity index (χ2v) is 3.26. The highest BCUT2D eigenvalue weighted by molar-refractivity contribution is 5.96. The van der Waals surface area contributed by atoms with Gasteiger partial charge in [0.15, 0.2) is 11.6 Å². The molecule has 1 aromatic carbocycles. The van der Waals surface area contributed by atoms with Crippen LogP contribution in [0.1, 0.15) is 37.8 Å². The SMILES string of the molecule is CC.CCC(=O)c1nc2ccccc2n1C. The van der Waals surface area contributed by atoms with E-state index in [1.807, 2.05) is 56.7 Å². The zero-order valence-corrected chi connectivity index (χ0v) is 10.3. The van der Waals surface area contributed by atoms with Crippen LogP contribution in [0.5, 0.6) is 0 Å². The van der Waals surface area contributed by atoms with Gasteiger partial charge in [0.05, 0.1) is 11.0 Å². The number of carbonyl (C=O) groups is 1. The first-order chi connectivity index (χ1) is 7.74. The van der Waals surface area contributed by atoms with Crippen molar-refractivity contribution in [2.45, 2.75) is 27.2 Å². The van der Waals surface area contributed by atoms with Gasteiger partial charge in [0, 0.05) is 13.5 Å². The molecule has 0 saturated heterocycles. The van der Waals surface area contributed by atoms with E-state index in [9.17, 15) is 4.79 Å². The molecule has 0 fully saturated rings. The number of rotatable bonds is 2. The fourth-order valence-electron chi connectivity index (χ4n) is 1.55. The fraction of sp³-hybridized carbons (Fsp3) is 0.385. The maximum atomic E-state index is 11.5. The van der Waals surface area contributed by atoms with Gasteiger partial charge in [0.25, 0.3) is 0 Å². The van der Waals surface area contributed by atoms with E-state index in [-0.39, 0.29) is 5.78 Å². The van der Waals surface area contributed by atoms with E-state index in [1.165, 1.54) is 0 Å². The average molecular weight is 218 g/mol. The molecule has 0 unspecified atom stereocenters. The molecule has 2 aromatic rings. The lowest BCUT2D eigenvalue weighted by molar-refractivity contribution is 0.0975. The molecule has 0 aliphatic rings. The molecule has 1 aromatic heterocycles. The molecular formula is C13H18N2O. The first-order valence-electron chi connectivity index (χ1n) is 5.68. The van der Waals surface area contributed by atoms with E-state index in [0.29, 0.717) is 12.2 Å². The second kappa shape index (κ2) is 5.45. The van der Waals surface area contributed by atoms with Crippen molar-refractivity contribution in [2.75, 3.05) is 0 Å². The molecule has 16 heavy (non-hydrogen) atoms. The van der Waals surface area contributed by atoms with Crippen LogP contribution in [0.4, 0.5) is 0 Å². The average Bonchev–Trinajstić information content (AvgIpc) is 2.69. The van der Waals surface area contributed by atoms with Crippen LogP contribution in [0.15, 0.2) is 24.3 Å². The van der Waals surface area contributed by atoms with Crippen molar-refractivity contribution in [1.29, 1.82) is 0 Å². The molecule has 86 valence electrons. The van der Waals surface area contributed by atoms with E-state index >= 15 is 0 Å². The minimum absolute atomic E-state index is 0.0868. The first-order valence-corrected chi connectivity index (χ1v) is 5.68. The number of nitrogens with zero attached hydrogens (tertiary/aromatic N) is 2. The number of aromatic nitrogens is 2. The van der Waals surface area contributed by atoms with Gasteiger partial charge in [-0.3, -0.25) is 4.79 Å². The van der Waals surface area contributed by atoms with Crippen LogP contribution in [0.3, 0.4) is 0 Å². The topological polar surface area (TPSA) is 34.9 Å². The summed E-state index contributed by atoms with van der Waals surface area (Å²) in [4.78, 5) is 15.8. The molecule has 0 spiro atoms.